The summed E-state index contributed by atoms with van der Waals surface area (Å²) in [6, 6.07) is 0.958. The van der Waals surface area contributed by atoms with Crippen molar-refractivity contribution >= 4 is 5.97 Å². The topological polar surface area (TPSA) is 40.5 Å². The first-order valence-corrected chi connectivity index (χ1v) is 7.22. The summed E-state index contributed by atoms with van der Waals surface area (Å²) in [5, 5.41) is 9.37. The van der Waals surface area contributed by atoms with Gasteiger partial charge in [0, 0.05) is 12.1 Å². The average molecular weight is 239 g/mol. The summed E-state index contributed by atoms with van der Waals surface area (Å²) >= 11 is 0. The van der Waals surface area contributed by atoms with Gasteiger partial charge in [-0.1, -0.05) is 32.6 Å². The van der Waals surface area contributed by atoms with Gasteiger partial charge in [-0.15, -0.1) is 0 Å². The zero-order valence-electron chi connectivity index (χ0n) is 10.9. The van der Waals surface area contributed by atoms with E-state index in [4.69, 9.17) is 0 Å². The molecule has 3 nitrogen and oxygen atoms in total. The lowest BCUT2D eigenvalue weighted by atomic mass is 9.82. The van der Waals surface area contributed by atoms with Gasteiger partial charge < -0.3 is 5.11 Å². The van der Waals surface area contributed by atoms with Gasteiger partial charge in [0.15, 0.2) is 0 Å². The Morgan fingerprint density at radius 2 is 1.71 bits per heavy atom. The maximum absolute atomic E-state index is 11.4. The molecule has 2 unspecified atom stereocenters. The van der Waals surface area contributed by atoms with E-state index in [-0.39, 0.29) is 5.92 Å². The molecule has 0 aromatic heterocycles. The molecule has 17 heavy (non-hydrogen) atoms. The smallest absolute Gasteiger partial charge is 0.308 e. The molecule has 0 heterocycles. The fourth-order valence-corrected chi connectivity index (χ4v) is 3.80. The molecule has 2 fully saturated rings. The standard InChI is InChI=1S/C14H25NO2/c1-2-15(11-7-3-4-8-11)13-10-6-5-9-12(13)14(16)17/h11-13H,2-10H2,1H3,(H,16,17). The van der Waals surface area contributed by atoms with Crippen LogP contribution in [0.2, 0.25) is 0 Å². The molecule has 1 N–H and O–H groups in total. The van der Waals surface area contributed by atoms with Gasteiger partial charge in [-0.2, -0.15) is 0 Å². The molecule has 2 saturated carbocycles. The third-order valence-corrected chi connectivity index (χ3v) is 4.63. The molecule has 3 heteroatoms. The Bertz CT molecular complexity index is 261. The zero-order valence-corrected chi connectivity index (χ0v) is 10.9. The van der Waals surface area contributed by atoms with Crippen molar-refractivity contribution in [2.24, 2.45) is 5.92 Å². The van der Waals surface area contributed by atoms with Crippen LogP contribution in [-0.2, 0) is 4.79 Å². The average Bonchev–Trinajstić information content (AvgIpc) is 2.84. The summed E-state index contributed by atoms with van der Waals surface area (Å²) in [4.78, 5) is 13.9. The first-order valence-electron chi connectivity index (χ1n) is 7.22. The van der Waals surface area contributed by atoms with E-state index in [1.165, 1.54) is 32.1 Å². The molecule has 98 valence electrons. The van der Waals surface area contributed by atoms with Gasteiger partial charge in [-0.25, -0.2) is 0 Å². The van der Waals surface area contributed by atoms with Crippen molar-refractivity contribution in [3.63, 3.8) is 0 Å². The molecule has 0 amide bonds. The van der Waals surface area contributed by atoms with E-state index in [0.29, 0.717) is 12.1 Å². The lowest BCUT2D eigenvalue weighted by molar-refractivity contribution is -0.146. The predicted octanol–water partition coefficient (Wildman–Crippen LogP) is 2.89. The summed E-state index contributed by atoms with van der Waals surface area (Å²) in [5.41, 5.74) is 0. The number of hydrogen-bond acceptors (Lipinski definition) is 2. The van der Waals surface area contributed by atoms with E-state index >= 15 is 0 Å². The van der Waals surface area contributed by atoms with Crippen LogP contribution in [0.15, 0.2) is 0 Å². The fraction of sp³-hybridized carbons (Fsp3) is 0.929. The monoisotopic (exact) mass is 239 g/mol. The van der Waals surface area contributed by atoms with Crippen LogP contribution in [0.3, 0.4) is 0 Å². The quantitative estimate of drug-likeness (QED) is 0.820. The number of hydrogen-bond donors (Lipinski definition) is 1. The minimum absolute atomic E-state index is 0.121. The van der Waals surface area contributed by atoms with Gasteiger partial charge in [-0.05, 0) is 32.2 Å². The van der Waals surface area contributed by atoms with Gasteiger partial charge in [0.2, 0.25) is 0 Å². The summed E-state index contributed by atoms with van der Waals surface area (Å²) < 4.78 is 0. The van der Waals surface area contributed by atoms with Crippen molar-refractivity contribution in [1.82, 2.24) is 4.90 Å². The molecule has 0 aromatic rings. The van der Waals surface area contributed by atoms with E-state index < -0.39 is 5.97 Å². The molecule has 2 atom stereocenters. The maximum atomic E-state index is 11.4. The Labute approximate surface area is 104 Å². The van der Waals surface area contributed by atoms with Crippen LogP contribution in [-0.4, -0.2) is 34.6 Å². The van der Waals surface area contributed by atoms with Gasteiger partial charge in [0.25, 0.3) is 0 Å². The molecule has 2 aliphatic rings. The summed E-state index contributed by atoms with van der Waals surface area (Å²) in [6.07, 6.45) is 9.46. The number of carboxylic acids is 1. The number of carbonyl (C=O) groups is 1. The number of nitrogens with zero attached hydrogens (tertiary/aromatic N) is 1. The minimum Gasteiger partial charge on any atom is -0.481 e. The largest absolute Gasteiger partial charge is 0.481 e. The second kappa shape index (κ2) is 5.85. The zero-order chi connectivity index (χ0) is 12.3. The van der Waals surface area contributed by atoms with E-state index in [1.807, 2.05) is 0 Å². The molecule has 0 aliphatic heterocycles. The maximum Gasteiger partial charge on any atom is 0.308 e. The number of rotatable bonds is 4. The second-order valence-electron chi connectivity index (χ2n) is 5.57. The Kier molecular flexibility index (Phi) is 4.43. The van der Waals surface area contributed by atoms with Crippen molar-refractivity contribution < 1.29 is 9.90 Å². The number of aliphatic carboxylic acids is 1. The van der Waals surface area contributed by atoms with Crippen LogP contribution < -0.4 is 0 Å². The van der Waals surface area contributed by atoms with Crippen molar-refractivity contribution in [2.75, 3.05) is 6.54 Å². The van der Waals surface area contributed by atoms with Crippen molar-refractivity contribution in [2.45, 2.75) is 70.4 Å². The Morgan fingerprint density at radius 1 is 1.12 bits per heavy atom. The van der Waals surface area contributed by atoms with Gasteiger partial charge in [0.05, 0.1) is 5.92 Å². The summed E-state index contributed by atoms with van der Waals surface area (Å²) in [7, 11) is 0. The number of carboxylic acid groups (broad SMARTS) is 1. The molecule has 0 radical (unpaired) electrons. The predicted molar refractivity (Wildman–Crippen MR) is 68.0 cm³/mol. The van der Waals surface area contributed by atoms with Crippen molar-refractivity contribution in [1.29, 1.82) is 0 Å². The highest BCUT2D eigenvalue weighted by molar-refractivity contribution is 5.71. The first-order chi connectivity index (χ1) is 8.24. The Hall–Kier alpha value is -0.570. The summed E-state index contributed by atoms with van der Waals surface area (Å²) in [6.45, 7) is 3.20. The van der Waals surface area contributed by atoms with Gasteiger partial charge in [-0.3, -0.25) is 9.69 Å². The highest BCUT2D eigenvalue weighted by Gasteiger charge is 2.37. The van der Waals surface area contributed by atoms with E-state index in [1.54, 1.807) is 0 Å². The third-order valence-electron chi connectivity index (χ3n) is 4.63. The van der Waals surface area contributed by atoms with E-state index in [0.717, 1.165) is 25.8 Å². The van der Waals surface area contributed by atoms with Gasteiger partial charge >= 0.3 is 5.97 Å². The third kappa shape index (κ3) is 2.82. The first kappa shape index (κ1) is 12.9. The van der Waals surface area contributed by atoms with Crippen LogP contribution in [0.25, 0.3) is 0 Å². The van der Waals surface area contributed by atoms with E-state index in [9.17, 15) is 9.90 Å². The lowest BCUT2D eigenvalue weighted by Crippen LogP contribution is -2.49. The molecular weight excluding hydrogens is 214 g/mol. The van der Waals surface area contributed by atoms with Crippen LogP contribution >= 0.6 is 0 Å². The Morgan fingerprint density at radius 3 is 2.29 bits per heavy atom. The van der Waals surface area contributed by atoms with Crippen LogP contribution in [0.1, 0.15) is 58.3 Å². The molecule has 0 spiro atoms. The lowest BCUT2D eigenvalue weighted by Gasteiger charge is -2.41. The van der Waals surface area contributed by atoms with E-state index in [2.05, 4.69) is 11.8 Å². The van der Waals surface area contributed by atoms with Crippen molar-refractivity contribution in [3.05, 3.63) is 0 Å². The van der Waals surface area contributed by atoms with Crippen LogP contribution in [0, 0.1) is 5.92 Å². The van der Waals surface area contributed by atoms with Crippen molar-refractivity contribution in [3.8, 4) is 0 Å². The minimum atomic E-state index is -0.578. The van der Waals surface area contributed by atoms with Crippen LogP contribution in [0.4, 0.5) is 0 Å². The molecule has 2 rings (SSSR count). The molecular formula is C14H25NO2. The molecule has 0 saturated heterocycles. The second-order valence-corrected chi connectivity index (χ2v) is 5.57. The normalized spacial score (nSPS) is 30.9. The summed E-state index contributed by atoms with van der Waals surface area (Å²) in [5.74, 6) is -0.699. The van der Waals surface area contributed by atoms with Crippen LogP contribution in [0.5, 0.6) is 0 Å². The molecule has 0 aromatic carbocycles. The van der Waals surface area contributed by atoms with Gasteiger partial charge in [0.1, 0.15) is 0 Å². The molecule has 2 aliphatic carbocycles. The molecule has 0 bridgehead atoms. The highest BCUT2D eigenvalue weighted by atomic mass is 16.4. The fourth-order valence-electron chi connectivity index (χ4n) is 3.80. The SMILES string of the molecule is CCN(C1CCCC1)C1CCCCC1C(=O)O. The highest BCUT2D eigenvalue weighted by Crippen LogP contribution is 2.33. The Balaban J connectivity index is 2.07.